The Bertz CT molecular complexity index is 720. The highest BCUT2D eigenvalue weighted by Crippen LogP contribution is 2.34. The molecule has 0 atom stereocenters. The minimum atomic E-state index is -0.0608. The van der Waals surface area contributed by atoms with Gasteiger partial charge in [0.15, 0.2) is 17.3 Å². The Morgan fingerprint density at radius 1 is 1.28 bits per heavy atom. The van der Waals surface area contributed by atoms with Crippen molar-refractivity contribution in [3.05, 3.63) is 35.5 Å². The highest BCUT2D eigenvalue weighted by molar-refractivity contribution is 5.90. The molecule has 0 spiro atoms. The molecule has 1 aromatic carbocycles. The van der Waals surface area contributed by atoms with Gasteiger partial charge in [-0.15, -0.1) is 0 Å². The number of amides is 1. The van der Waals surface area contributed by atoms with Crippen molar-refractivity contribution >= 4 is 11.7 Å². The zero-order valence-electron chi connectivity index (χ0n) is 14.8. The van der Waals surface area contributed by atoms with Gasteiger partial charge in [0, 0.05) is 24.1 Å². The maximum atomic E-state index is 12.2. The Labute approximate surface area is 147 Å². The molecule has 2 N–H and O–H groups in total. The number of nitrogens with one attached hydrogen (secondary N) is 2. The number of nitrogens with zero attached hydrogens (tertiary/aromatic N) is 1. The van der Waals surface area contributed by atoms with E-state index in [0.717, 1.165) is 11.3 Å². The number of para-hydroxylation sites is 1. The summed E-state index contributed by atoms with van der Waals surface area (Å²) < 4.78 is 10.7. The van der Waals surface area contributed by atoms with Crippen molar-refractivity contribution in [1.29, 1.82) is 0 Å². The first-order chi connectivity index (χ1) is 12.2. The first kappa shape index (κ1) is 17.3. The Hall–Kier alpha value is -2.50. The molecule has 1 aliphatic carbocycles. The second kappa shape index (κ2) is 8.05. The van der Waals surface area contributed by atoms with Gasteiger partial charge in [0.05, 0.1) is 14.2 Å². The molecule has 6 heteroatoms. The summed E-state index contributed by atoms with van der Waals surface area (Å²) in [7, 11) is 3.21. The number of benzene rings is 1. The van der Waals surface area contributed by atoms with Crippen LogP contribution in [0.5, 0.6) is 11.5 Å². The highest BCUT2D eigenvalue weighted by atomic mass is 16.5. The standard InChI is InChI=1S/C19H25N3O3/c1-24-16-9-5-8-14(19(16)25-2)10-11-18(23)20-17-12-15(21-22-17)13-6-3-4-7-13/h5,8-9,12-13H,3-4,6-7,10-11H2,1-2H3,(H2,20,21,22,23). The van der Waals surface area contributed by atoms with Crippen LogP contribution in [0.4, 0.5) is 5.82 Å². The van der Waals surface area contributed by atoms with Crippen LogP contribution < -0.4 is 14.8 Å². The third-order valence-corrected chi connectivity index (χ3v) is 4.77. The monoisotopic (exact) mass is 343 g/mol. The molecule has 0 radical (unpaired) electrons. The molecule has 134 valence electrons. The van der Waals surface area contributed by atoms with Crippen LogP contribution in [0.3, 0.4) is 0 Å². The van der Waals surface area contributed by atoms with E-state index in [-0.39, 0.29) is 5.91 Å². The Morgan fingerprint density at radius 2 is 2.08 bits per heavy atom. The third kappa shape index (κ3) is 4.13. The van der Waals surface area contributed by atoms with Gasteiger partial charge in [0.25, 0.3) is 0 Å². The van der Waals surface area contributed by atoms with Crippen molar-refractivity contribution in [2.24, 2.45) is 0 Å². The van der Waals surface area contributed by atoms with Crippen molar-refractivity contribution < 1.29 is 14.3 Å². The zero-order chi connectivity index (χ0) is 17.6. The number of anilines is 1. The minimum Gasteiger partial charge on any atom is -0.493 e. The Kier molecular flexibility index (Phi) is 5.58. The normalized spacial score (nSPS) is 14.5. The first-order valence-corrected chi connectivity index (χ1v) is 8.76. The van der Waals surface area contributed by atoms with Gasteiger partial charge in [0.1, 0.15) is 0 Å². The number of methoxy groups -OCH3 is 2. The lowest BCUT2D eigenvalue weighted by Gasteiger charge is -2.12. The first-order valence-electron chi connectivity index (χ1n) is 8.76. The molecule has 1 heterocycles. The number of hydrogen-bond donors (Lipinski definition) is 2. The highest BCUT2D eigenvalue weighted by Gasteiger charge is 2.19. The molecule has 3 rings (SSSR count). The largest absolute Gasteiger partial charge is 0.493 e. The molecule has 0 unspecified atom stereocenters. The van der Waals surface area contributed by atoms with Crippen LogP contribution in [0.2, 0.25) is 0 Å². The van der Waals surface area contributed by atoms with E-state index in [2.05, 4.69) is 15.5 Å². The van der Waals surface area contributed by atoms with Gasteiger partial charge in [0.2, 0.25) is 5.91 Å². The number of H-pyrrole nitrogens is 1. The fourth-order valence-corrected chi connectivity index (χ4v) is 3.45. The van der Waals surface area contributed by atoms with Gasteiger partial charge in [-0.1, -0.05) is 25.0 Å². The molecule has 1 aliphatic rings. The number of hydrogen-bond acceptors (Lipinski definition) is 4. The molecule has 2 aromatic rings. The van der Waals surface area contributed by atoms with Gasteiger partial charge < -0.3 is 14.8 Å². The van der Waals surface area contributed by atoms with Crippen LogP contribution in [0.15, 0.2) is 24.3 Å². The topological polar surface area (TPSA) is 76.2 Å². The van der Waals surface area contributed by atoms with Crippen molar-refractivity contribution in [2.45, 2.75) is 44.4 Å². The second-order valence-corrected chi connectivity index (χ2v) is 6.39. The van der Waals surface area contributed by atoms with E-state index in [1.807, 2.05) is 24.3 Å². The van der Waals surface area contributed by atoms with Crippen molar-refractivity contribution in [3.63, 3.8) is 0 Å². The van der Waals surface area contributed by atoms with Crippen LogP contribution in [0.25, 0.3) is 0 Å². The van der Waals surface area contributed by atoms with Crippen LogP contribution in [-0.4, -0.2) is 30.3 Å². The number of aryl methyl sites for hydroxylation is 1. The summed E-state index contributed by atoms with van der Waals surface area (Å²) in [5.74, 6) is 2.45. The van der Waals surface area contributed by atoms with Crippen LogP contribution in [0.1, 0.15) is 49.3 Å². The smallest absolute Gasteiger partial charge is 0.225 e. The van der Waals surface area contributed by atoms with Crippen molar-refractivity contribution in [2.75, 3.05) is 19.5 Å². The molecule has 25 heavy (non-hydrogen) atoms. The number of carbonyl (C=O) groups excluding carboxylic acids is 1. The summed E-state index contributed by atoms with van der Waals surface area (Å²) in [6.45, 7) is 0. The Morgan fingerprint density at radius 3 is 2.80 bits per heavy atom. The third-order valence-electron chi connectivity index (χ3n) is 4.77. The molecular formula is C19H25N3O3. The van der Waals surface area contributed by atoms with Crippen LogP contribution >= 0.6 is 0 Å². The van der Waals surface area contributed by atoms with E-state index in [4.69, 9.17) is 9.47 Å². The average molecular weight is 343 g/mol. The minimum absolute atomic E-state index is 0.0608. The van der Waals surface area contributed by atoms with Gasteiger partial charge >= 0.3 is 0 Å². The number of aromatic nitrogens is 2. The summed E-state index contributed by atoms with van der Waals surface area (Å²) in [6, 6.07) is 7.65. The predicted octanol–water partition coefficient (Wildman–Crippen LogP) is 3.66. The maximum absolute atomic E-state index is 12.2. The molecule has 1 amide bonds. The molecule has 0 aliphatic heterocycles. The van der Waals surface area contributed by atoms with E-state index in [0.29, 0.717) is 36.1 Å². The summed E-state index contributed by atoms with van der Waals surface area (Å²) in [5, 5.41) is 10.1. The Balaban J connectivity index is 1.56. The second-order valence-electron chi connectivity index (χ2n) is 6.39. The van der Waals surface area contributed by atoms with Crippen molar-refractivity contribution in [1.82, 2.24) is 10.2 Å². The number of ether oxygens (including phenoxy) is 2. The zero-order valence-corrected chi connectivity index (χ0v) is 14.8. The summed E-state index contributed by atoms with van der Waals surface area (Å²) in [4.78, 5) is 12.2. The lowest BCUT2D eigenvalue weighted by molar-refractivity contribution is -0.116. The lowest BCUT2D eigenvalue weighted by atomic mass is 10.0. The molecular weight excluding hydrogens is 318 g/mol. The average Bonchev–Trinajstić information content (AvgIpc) is 3.30. The van der Waals surface area contributed by atoms with E-state index >= 15 is 0 Å². The predicted molar refractivity (Wildman–Crippen MR) is 96.3 cm³/mol. The number of aromatic amines is 1. The summed E-state index contributed by atoms with van der Waals surface area (Å²) >= 11 is 0. The summed E-state index contributed by atoms with van der Waals surface area (Å²) in [6.07, 6.45) is 5.87. The fourth-order valence-electron chi connectivity index (χ4n) is 3.45. The SMILES string of the molecule is COc1cccc(CCC(=O)Nc2cc(C3CCCC3)[nH]n2)c1OC. The lowest BCUT2D eigenvalue weighted by Crippen LogP contribution is -2.13. The molecule has 1 fully saturated rings. The van der Waals surface area contributed by atoms with Gasteiger partial charge in [-0.25, -0.2) is 0 Å². The molecule has 0 bridgehead atoms. The van der Waals surface area contributed by atoms with Crippen LogP contribution in [0, 0.1) is 0 Å². The van der Waals surface area contributed by atoms with E-state index in [1.165, 1.54) is 25.7 Å². The maximum Gasteiger partial charge on any atom is 0.225 e. The fraction of sp³-hybridized carbons (Fsp3) is 0.474. The molecule has 0 saturated heterocycles. The van der Waals surface area contributed by atoms with Gasteiger partial charge in [-0.2, -0.15) is 5.10 Å². The number of carbonyl (C=O) groups is 1. The van der Waals surface area contributed by atoms with E-state index < -0.39 is 0 Å². The van der Waals surface area contributed by atoms with E-state index in [9.17, 15) is 4.79 Å². The molecule has 6 nitrogen and oxygen atoms in total. The quantitative estimate of drug-likeness (QED) is 0.804. The number of rotatable bonds is 7. The van der Waals surface area contributed by atoms with E-state index in [1.54, 1.807) is 14.2 Å². The van der Waals surface area contributed by atoms with Gasteiger partial charge in [-0.05, 0) is 30.9 Å². The summed E-state index contributed by atoms with van der Waals surface area (Å²) in [5.41, 5.74) is 2.08. The van der Waals surface area contributed by atoms with Crippen LogP contribution in [-0.2, 0) is 11.2 Å². The molecule has 1 saturated carbocycles. The van der Waals surface area contributed by atoms with Crippen molar-refractivity contribution in [3.8, 4) is 11.5 Å². The van der Waals surface area contributed by atoms with Gasteiger partial charge in [-0.3, -0.25) is 9.89 Å². The molecule has 1 aromatic heterocycles.